The van der Waals surface area contributed by atoms with Gasteiger partial charge in [-0.15, -0.1) is 0 Å². The lowest BCUT2D eigenvalue weighted by Gasteiger charge is -2.20. The number of aliphatic imine (C=N–C) groups is 1. The molecule has 0 amide bonds. The van der Waals surface area contributed by atoms with E-state index >= 15 is 4.39 Å². The second-order valence-electron chi connectivity index (χ2n) is 11.5. The summed E-state index contributed by atoms with van der Waals surface area (Å²) in [5.41, 5.74) is 2.06. The molecule has 0 fully saturated rings. The van der Waals surface area contributed by atoms with Crippen molar-refractivity contribution in [2.24, 2.45) is 12.0 Å². The van der Waals surface area contributed by atoms with Gasteiger partial charge < -0.3 is 15.0 Å². The van der Waals surface area contributed by atoms with Crippen LogP contribution in [0.3, 0.4) is 0 Å². The second kappa shape index (κ2) is 10.5. The van der Waals surface area contributed by atoms with E-state index in [1.807, 2.05) is 27.7 Å². The molecule has 4 aromatic rings. The fourth-order valence-electron chi connectivity index (χ4n) is 5.21. The normalized spacial score (nSPS) is 15.8. The highest BCUT2D eigenvalue weighted by molar-refractivity contribution is 5.96. The number of aliphatic hydroxyl groups excluding tert-OH is 1. The van der Waals surface area contributed by atoms with E-state index in [0.717, 1.165) is 35.3 Å². The summed E-state index contributed by atoms with van der Waals surface area (Å²) in [6, 6.07) is 10.3. The van der Waals surface area contributed by atoms with Crippen LogP contribution in [0, 0.1) is 5.82 Å². The Labute approximate surface area is 231 Å². The minimum Gasteiger partial charge on any atom is -0.392 e. The Kier molecular flexibility index (Phi) is 7.18. The Morgan fingerprint density at radius 1 is 1.15 bits per heavy atom. The van der Waals surface area contributed by atoms with E-state index in [1.54, 1.807) is 43.6 Å². The zero-order chi connectivity index (χ0) is 28.8. The molecule has 40 heavy (non-hydrogen) atoms. The lowest BCUT2D eigenvalue weighted by Crippen LogP contribution is -2.27. The molecule has 9 heteroatoms. The van der Waals surface area contributed by atoms with Crippen LogP contribution in [0.2, 0.25) is 0 Å². The quantitative estimate of drug-likeness (QED) is 0.375. The molecular formula is C31H34FN5O3. The van der Waals surface area contributed by atoms with Crippen molar-refractivity contribution >= 4 is 22.3 Å². The molecular weight excluding hydrogens is 509 g/mol. The molecule has 208 valence electrons. The molecule has 2 aromatic heterocycles. The number of hydrogen-bond donors (Lipinski definition) is 2. The molecule has 1 aliphatic heterocycles. The first kappa shape index (κ1) is 27.5. The SMILES string of the molecule is CC1CCCC(Nc2cc(-c3cccc(-n4ncc5cc(C(C)(C)C)cc(F)c5c4=O)c3CO)cn(C)c2=O)=N1. The zero-order valence-electron chi connectivity index (χ0n) is 23.5. The fourth-order valence-corrected chi connectivity index (χ4v) is 5.21. The van der Waals surface area contributed by atoms with Gasteiger partial charge in [0.15, 0.2) is 0 Å². The van der Waals surface area contributed by atoms with Crippen LogP contribution < -0.4 is 16.4 Å². The molecule has 8 nitrogen and oxygen atoms in total. The number of aryl methyl sites for hydroxylation is 1. The topological polar surface area (TPSA) is 102 Å². The van der Waals surface area contributed by atoms with E-state index < -0.39 is 18.0 Å². The molecule has 3 heterocycles. The van der Waals surface area contributed by atoms with E-state index in [0.29, 0.717) is 33.5 Å². The number of nitrogens with zero attached hydrogens (tertiary/aromatic N) is 4. The van der Waals surface area contributed by atoms with Crippen molar-refractivity contribution in [2.45, 2.75) is 65.0 Å². The van der Waals surface area contributed by atoms with Crippen molar-refractivity contribution in [1.29, 1.82) is 0 Å². The summed E-state index contributed by atoms with van der Waals surface area (Å²) in [4.78, 5) is 31.1. The van der Waals surface area contributed by atoms with Crippen LogP contribution in [0.25, 0.3) is 27.6 Å². The molecule has 2 aromatic carbocycles. The van der Waals surface area contributed by atoms with Crippen molar-refractivity contribution in [3.8, 4) is 16.8 Å². The first-order valence-corrected chi connectivity index (χ1v) is 13.5. The number of benzene rings is 2. The van der Waals surface area contributed by atoms with Crippen LogP contribution in [0.4, 0.5) is 10.1 Å². The third-order valence-corrected chi connectivity index (χ3v) is 7.43. The van der Waals surface area contributed by atoms with Crippen LogP contribution in [-0.2, 0) is 19.1 Å². The number of amidine groups is 1. The number of aromatic nitrogens is 3. The summed E-state index contributed by atoms with van der Waals surface area (Å²) >= 11 is 0. The van der Waals surface area contributed by atoms with Gasteiger partial charge in [0.05, 0.1) is 23.9 Å². The number of anilines is 1. The van der Waals surface area contributed by atoms with E-state index in [9.17, 15) is 14.7 Å². The highest BCUT2D eigenvalue weighted by Crippen LogP contribution is 2.30. The summed E-state index contributed by atoms with van der Waals surface area (Å²) in [6.45, 7) is 7.58. The predicted octanol–water partition coefficient (Wildman–Crippen LogP) is 5.06. The van der Waals surface area contributed by atoms with Crippen molar-refractivity contribution < 1.29 is 9.50 Å². The van der Waals surface area contributed by atoms with Gasteiger partial charge in [0.25, 0.3) is 11.1 Å². The number of aliphatic hydroxyl groups is 1. The smallest absolute Gasteiger partial charge is 0.282 e. The maximum atomic E-state index is 15.3. The minimum absolute atomic E-state index is 0.0617. The third-order valence-electron chi connectivity index (χ3n) is 7.43. The van der Waals surface area contributed by atoms with E-state index in [-0.39, 0.29) is 22.4 Å². The van der Waals surface area contributed by atoms with Gasteiger partial charge in [-0.3, -0.25) is 14.6 Å². The lowest BCUT2D eigenvalue weighted by atomic mass is 9.86. The molecule has 0 spiro atoms. The summed E-state index contributed by atoms with van der Waals surface area (Å²) in [5, 5.41) is 18.4. The van der Waals surface area contributed by atoms with Crippen molar-refractivity contribution in [3.63, 3.8) is 0 Å². The Morgan fingerprint density at radius 2 is 1.93 bits per heavy atom. The average Bonchev–Trinajstić information content (AvgIpc) is 2.90. The fraction of sp³-hybridized carbons (Fsp3) is 0.355. The summed E-state index contributed by atoms with van der Waals surface area (Å²) in [6.07, 6.45) is 5.93. The van der Waals surface area contributed by atoms with Crippen LogP contribution in [0.15, 0.2) is 63.4 Å². The van der Waals surface area contributed by atoms with Gasteiger partial charge in [-0.1, -0.05) is 32.9 Å². The zero-order valence-corrected chi connectivity index (χ0v) is 23.5. The maximum absolute atomic E-state index is 15.3. The molecule has 1 atom stereocenters. The van der Waals surface area contributed by atoms with Gasteiger partial charge >= 0.3 is 0 Å². The maximum Gasteiger partial charge on any atom is 0.282 e. The number of pyridine rings is 1. The van der Waals surface area contributed by atoms with Crippen LogP contribution in [0.5, 0.6) is 0 Å². The molecule has 0 aliphatic carbocycles. The first-order valence-electron chi connectivity index (χ1n) is 13.5. The third kappa shape index (κ3) is 5.09. The molecule has 0 radical (unpaired) electrons. The van der Waals surface area contributed by atoms with Crippen LogP contribution in [-0.4, -0.2) is 31.3 Å². The van der Waals surface area contributed by atoms with Gasteiger partial charge in [0.1, 0.15) is 17.3 Å². The number of rotatable bonds is 4. The molecule has 1 aliphatic rings. The van der Waals surface area contributed by atoms with Crippen molar-refractivity contribution in [2.75, 3.05) is 5.32 Å². The van der Waals surface area contributed by atoms with Crippen molar-refractivity contribution in [3.05, 3.63) is 86.4 Å². The molecule has 0 saturated carbocycles. The van der Waals surface area contributed by atoms with Gasteiger partial charge in [-0.2, -0.15) is 9.78 Å². The Morgan fingerprint density at radius 3 is 2.62 bits per heavy atom. The van der Waals surface area contributed by atoms with E-state index in [1.165, 1.54) is 16.8 Å². The largest absolute Gasteiger partial charge is 0.392 e. The Hall–Kier alpha value is -4.11. The molecule has 0 bridgehead atoms. The predicted molar refractivity (Wildman–Crippen MR) is 157 cm³/mol. The second-order valence-corrected chi connectivity index (χ2v) is 11.5. The summed E-state index contributed by atoms with van der Waals surface area (Å²) in [7, 11) is 1.66. The summed E-state index contributed by atoms with van der Waals surface area (Å²) < 4.78 is 17.9. The number of nitrogens with one attached hydrogen (secondary N) is 1. The highest BCUT2D eigenvalue weighted by atomic mass is 19.1. The van der Waals surface area contributed by atoms with Gasteiger partial charge in [-0.25, -0.2) is 4.39 Å². The monoisotopic (exact) mass is 543 g/mol. The molecule has 2 N–H and O–H groups in total. The molecule has 1 unspecified atom stereocenters. The lowest BCUT2D eigenvalue weighted by molar-refractivity contribution is 0.282. The minimum atomic E-state index is -0.616. The Balaban J connectivity index is 1.64. The van der Waals surface area contributed by atoms with Gasteiger partial charge in [0, 0.05) is 42.2 Å². The number of fused-ring (bicyclic) bond motifs is 1. The van der Waals surface area contributed by atoms with Crippen LogP contribution >= 0.6 is 0 Å². The van der Waals surface area contributed by atoms with Crippen LogP contribution in [0.1, 0.15) is 58.1 Å². The highest BCUT2D eigenvalue weighted by Gasteiger charge is 2.21. The number of hydrogen-bond acceptors (Lipinski definition) is 6. The average molecular weight is 544 g/mol. The van der Waals surface area contributed by atoms with Gasteiger partial charge in [-0.05, 0) is 60.6 Å². The molecule has 5 rings (SSSR count). The first-order chi connectivity index (χ1) is 19.0. The summed E-state index contributed by atoms with van der Waals surface area (Å²) in [5.74, 6) is 0.159. The van der Waals surface area contributed by atoms with Crippen molar-refractivity contribution in [1.82, 2.24) is 14.3 Å². The Bertz CT molecular complexity index is 1760. The standard InChI is InChI=1S/C31H34FN5O3/c1-18-8-6-11-27(34-18)35-25-13-20(16-36(5)29(25)39)22-9-7-10-26(23(22)17-38)37-30(40)28-19(15-33-37)12-21(14-24(28)32)31(2,3)4/h7,9-10,12-16,18,38H,6,8,11,17H2,1-5H3,(H,34,35). The van der Waals surface area contributed by atoms with E-state index in [2.05, 4.69) is 15.4 Å². The number of halogens is 1. The molecule has 0 saturated heterocycles. The van der Waals surface area contributed by atoms with Gasteiger partial charge in [0.2, 0.25) is 0 Å². The van der Waals surface area contributed by atoms with E-state index in [4.69, 9.17) is 0 Å².